The highest BCUT2D eigenvalue weighted by molar-refractivity contribution is 6.03. The number of carbonyl (C=O) groups excluding carboxylic acids is 3. The summed E-state index contributed by atoms with van der Waals surface area (Å²) >= 11 is 0. The lowest BCUT2D eigenvalue weighted by Crippen LogP contribution is -2.36. The lowest BCUT2D eigenvalue weighted by molar-refractivity contribution is -0.173. The highest BCUT2D eigenvalue weighted by atomic mass is 19.4. The van der Waals surface area contributed by atoms with Gasteiger partial charge in [0.05, 0.1) is 11.1 Å². The highest BCUT2D eigenvalue weighted by Crippen LogP contribution is 2.16. The van der Waals surface area contributed by atoms with Crippen molar-refractivity contribution in [2.45, 2.75) is 12.7 Å². The molecule has 5 nitrogen and oxygen atoms in total. The highest BCUT2D eigenvalue weighted by Gasteiger charge is 2.38. The summed E-state index contributed by atoms with van der Waals surface area (Å²) in [7, 11) is 0. The number of amides is 1. The van der Waals surface area contributed by atoms with Gasteiger partial charge in [0.15, 0.2) is 0 Å². The molecule has 0 fully saturated rings. The fourth-order valence-electron chi connectivity index (χ4n) is 1.92. The van der Waals surface area contributed by atoms with Gasteiger partial charge in [-0.1, -0.05) is 36.4 Å². The Morgan fingerprint density at radius 3 is 2.12 bits per heavy atom. The van der Waals surface area contributed by atoms with Crippen LogP contribution in [0.2, 0.25) is 0 Å². The van der Waals surface area contributed by atoms with Crippen LogP contribution in [-0.4, -0.2) is 24.0 Å². The molecular weight excluding hydrogens is 339 g/mol. The fourth-order valence-corrected chi connectivity index (χ4v) is 1.92. The zero-order chi connectivity index (χ0) is 18.4. The first kappa shape index (κ1) is 18.2. The molecule has 0 heterocycles. The van der Waals surface area contributed by atoms with Crippen molar-refractivity contribution in [3.63, 3.8) is 0 Å². The number of esters is 2. The van der Waals surface area contributed by atoms with E-state index in [0.29, 0.717) is 0 Å². The monoisotopic (exact) mass is 351 g/mol. The minimum Gasteiger partial charge on any atom is -0.386 e. The van der Waals surface area contributed by atoms with Crippen LogP contribution in [0, 0.1) is 0 Å². The first-order valence-corrected chi connectivity index (χ1v) is 7.03. The summed E-state index contributed by atoms with van der Waals surface area (Å²) in [4.78, 5) is 34.9. The predicted molar refractivity (Wildman–Crippen MR) is 80.5 cm³/mol. The van der Waals surface area contributed by atoms with Gasteiger partial charge in [0.1, 0.15) is 0 Å². The Labute approximate surface area is 140 Å². The molecule has 0 aliphatic carbocycles. The Balaban J connectivity index is 2.10. The fraction of sp³-hybridized carbons (Fsp3) is 0.118. The number of ether oxygens (including phenoxy) is 1. The molecule has 2 aromatic rings. The smallest absolute Gasteiger partial charge is 0.386 e. The largest absolute Gasteiger partial charge is 0.471 e. The molecule has 0 unspecified atom stereocenters. The number of rotatable bonds is 4. The minimum atomic E-state index is -5.03. The first-order valence-electron chi connectivity index (χ1n) is 7.03. The lowest BCUT2D eigenvalue weighted by Gasteiger charge is -2.11. The van der Waals surface area contributed by atoms with Gasteiger partial charge in [0, 0.05) is 6.54 Å². The van der Waals surface area contributed by atoms with Crippen LogP contribution in [0.1, 0.15) is 26.3 Å². The molecule has 0 bridgehead atoms. The van der Waals surface area contributed by atoms with Crippen LogP contribution in [-0.2, 0) is 16.1 Å². The van der Waals surface area contributed by atoms with Gasteiger partial charge in [0.25, 0.3) is 0 Å². The van der Waals surface area contributed by atoms with Crippen LogP contribution in [0.4, 0.5) is 13.2 Å². The molecule has 8 heteroatoms. The van der Waals surface area contributed by atoms with Gasteiger partial charge in [-0.2, -0.15) is 13.2 Å². The van der Waals surface area contributed by atoms with Crippen LogP contribution < -0.4 is 5.32 Å². The number of hydrogen-bond donors (Lipinski definition) is 1. The number of halogens is 3. The van der Waals surface area contributed by atoms with Crippen molar-refractivity contribution in [2.75, 3.05) is 0 Å². The second kappa shape index (κ2) is 7.61. The number of alkyl halides is 3. The van der Waals surface area contributed by atoms with Crippen LogP contribution in [0.25, 0.3) is 0 Å². The van der Waals surface area contributed by atoms with Gasteiger partial charge < -0.3 is 10.1 Å². The van der Waals surface area contributed by atoms with E-state index in [0.717, 1.165) is 0 Å². The molecule has 0 aliphatic heterocycles. The van der Waals surface area contributed by atoms with E-state index in [1.54, 1.807) is 23.5 Å². The third kappa shape index (κ3) is 4.90. The Kier molecular flexibility index (Phi) is 5.53. The summed E-state index contributed by atoms with van der Waals surface area (Å²) in [6, 6.07) is 13.3. The zero-order valence-electron chi connectivity index (χ0n) is 12.7. The molecule has 1 N–H and O–H groups in total. The van der Waals surface area contributed by atoms with Crippen LogP contribution in [0.3, 0.4) is 0 Å². The van der Waals surface area contributed by atoms with Gasteiger partial charge >= 0.3 is 24.0 Å². The first-order chi connectivity index (χ1) is 11.8. The van der Waals surface area contributed by atoms with Crippen molar-refractivity contribution in [1.29, 1.82) is 0 Å². The van der Waals surface area contributed by atoms with Gasteiger partial charge in [-0.25, -0.2) is 9.59 Å². The van der Waals surface area contributed by atoms with E-state index in [-0.39, 0.29) is 16.7 Å². The van der Waals surface area contributed by atoms with E-state index < -0.39 is 30.6 Å². The van der Waals surface area contributed by atoms with Crippen molar-refractivity contribution in [3.05, 3.63) is 71.3 Å². The lowest BCUT2D eigenvalue weighted by atomic mass is 10.1. The van der Waals surface area contributed by atoms with Gasteiger partial charge in [-0.3, -0.25) is 4.79 Å². The third-order valence-electron chi connectivity index (χ3n) is 3.13. The Bertz CT molecular complexity index is 788. The quantitative estimate of drug-likeness (QED) is 0.679. The SMILES string of the molecule is O=C(OC(=O)c1ccccc1CNC(=O)C(F)(F)F)c1ccccc1. The molecule has 130 valence electrons. The maximum Gasteiger partial charge on any atom is 0.471 e. The van der Waals surface area contributed by atoms with Gasteiger partial charge in [0.2, 0.25) is 0 Å². The van der Waals surface area contributed by atoms with Gasteiger partial charge in [-0.15, -0.1) is 0 Å². The molecule has 0 spiro atoms. The molecule has 0 aromatic heterocycles. The topological polar surface area (TPSA) is 72.5 Å². The van der Waals surface area contributed by atoms with Crippen LogP contribution >= 0.6 is 0 Å². The Hall–Kier alpha value is -3.16. The molecule has 25 heavy (non-hydrogen) atoms. The Morgan fingerprint density at radius 2 is 1.48 bits per heavy atom. The van der Waals surface area contributed by atoms with Crippen molar-refractivity contribution < 1.29 is 32.3 Å². The molecular formula is C17H12F3NO4. The third-order valence-corrected chi connectivity index (χ3v) is 3.13. The van der Waals surface area contributed by atoms with Crippen LogP contribution in [0.15, 0.2) is 54.6 Å². The molecule has 0 aliphatic rings. The molecule has 0 saturated carbocycles. The zero-order valence-corrected chi connectivity index (χ0v) is 12.7. The molecule has 0 atom stereocenters. The van der Waals surface area contributed by atoms with E-state index in [1.165, 1.54) is 36.4 Å². The number of hydrogen-bond acceptors (Lipinski definition) is 4. The van der Waals surface area contributed by atoms with Crippen LogP contribution in [0.5, 0.6) is 0 Å². The average molecular weight is 351 g/mol. The van der Waals surface area contributed by atoms with Crippen molar-refractivity contribution in [1.82, 2.24) is 5.32 Å². The van der Waals surface area contributed by atoms with E-state index >= 15 is 0 Å². The summed E-state index contributed by atoms with van der Waals surface area (Å²) < 4.78 is 41.4. The minimum absolute atomic E-state index is 0.0889. The van der Waals surface area contributed by atoms with Crippen molar-refractivity contribution in [3.8, 4) is 0 Å². The molecule has 2 rings (SSSR count). The summed E-state index contributed by atoms with van der Waals surface area (Å²) in [5.74, 6) is -4.04. The standard InChI is InChI=1S/C17H12F3NO4/c18-17(19,20)16(24)21-10-12-8-4-5-9-13(12)15(23)25-14(22)11-6-2-1-3-7-11/h1-9H,10H2,(H,21,24). The van der Waals surface area contributed by atoms with E-state index in [2.05, 4.69) is 0 Å². The molecule has 0 saturated heterocycles. The van der Waals surface area contributed by atoms with E-state index in [1.807, 2.05) is 0 Å². The van der Waals surface area contributed by atoms with E-state index in [9.17, 15) is 27.6 Å². The van der Waals surface area contributed by atoms with E-state index in [4.69, 9.17) is 4.74 Å². The van der Waals surface area contributed by atoms with Crippen molar-refractivity contribution in [2.24, 2.45) is 0 Å². The number of carbonyl (C=O) groups is 3. The summed E-state index contributed by atoms with van der Waals surface area (Å²) in [5, 5.41) is 1.66. The molecule has 1 amide bonds. The predicted octanol–water partition coefficient (Wildman–Crippen LogP) is 2.86. The number of nitrogens with one attached hydrogen (secondary N) is 1. The Morgan fingerprint density at radius 1 is 0.880 bits per heavy atom. The normalized spacial score (nSPS) is 10.8. The number of benzene rings is 2. The maximum absolute atomic E-state index is 12.2. The second-order valence-electron chi connectivity index (χ2n) is 4.88. The molecule has 0 radical (unpaired) electrons. The molecule has 2 aromatic carbocycles. The van der Waals surface area contributed by atoms with Gasteiger partial charge in [-0.05, 0) is 23.8 Å². The summed E-state index contributed by atoms with van der Waals surface area (Å²) in [6.07, 6.45) is -5.03. The second-order valence-corrected chi connectivity index (χ2v) is 4.88. The van der Waals surface area contributed by atoms with Crippen molar-refractivity contribution >= 4 is 17.8 Å². The maximum atomic E-state index is 12.2. The summed E-state index contributed by atoms with van der Waals surface area (Å²) in [5.41, 5.74) is 0.124. The summed E-state index contributed by atoms with van der Waals surface area (Å²) in [6.45, 7) is -0.539. The average Bonchev–Trinajstić information content (AvgIpc) is 2.59.